The van der Waals surface area contributed by atoms with Gasteiger partial charge in [-0.3, -0.25) is 4.79 Å². The van der Waals surface area contributed by atoms with E-state index in [0.29, 0.717) is 25.0 Å². The zero-order valence-corrected chi connectivity index (χ0v) is 25.6. The van der Waals surface area contributed by atoms with Gasteiger partial charge in [0.05, 0.1) is 46.2 Å². The Morgan fingerprint density at radius 1 is 0.822 bits per heavy atom. The van der Waals surface area contributed by atoms with Crippen molar-refractivity contribution in [2.24, 2.45) is 10.8 Å². The number of carbonyl (C=O) groups is 1. The molecule has 2 fully saturated rings. The van der Waals surface area contributed by atoms with Crippen molar-refractivity contribution in [3.05, 3.63) is 119 Å². The lowest BCUT2D eigenvalue weighted by atomic mass is 9.66. The van der Waals surface area contributed by atoms with Crippen LogP contribution in [0.3, 0.4) is 0 Å². The minimum atomic E-state index is -0.740. The lowest BCUT2D eigenvalue weighted by molar-refractivity contribution is -0.123. The molecule has 0 saturated heterocycles. The Morgan fingerprint density at radius 3 is 1.91 bits per heavy atom. The Kier molecular flexibility index (Phi) is 6.89. The van der Waals surface area contributed by atoms with Crippen molar-refractivity contribution >= 4 is 17.9 Å². The van der Waals surface area contributed by atoms with Crippen LogP contribution in [0.2, 0.25) is 0 Å². The number of fused-ring (bicyclic) bond motifs is 4. The molecule has 0 spiro atoms. The van der Waals surface area contributed by atoms with E-state index in [1.807, 2.05) is 34.8 Å². The van der Waals surface area contributed by atoms with Gasteiger partial charge in [-0.25, -0.2) is 18.1 Å². The van der Waals surface area contributed by atoms with Gasteiger partial charge >= 0.3 is 0 Å². The van der Waals surface area contributed by atoms with Crippen molar-refractivity contribution in [3.63, 3.8) is 0 Å². The topological polar surface area (TPSA) is 72.9 Å². The van der Waals surface area contributed by atoms with Crippen LogP contribution in [0.25, 0.3) is 23.5 Å². The first-order valence-corrected chi connectivity index (χ1v) is 15.5. The average molecular weight is 607 g/mol. The molecule has 45 heavy (non-hydrogen) atoms. The molecule has 1 N–H and O–H groups in total. The summed E-state index contributed by atoms with van der Waals surface area (Å²) in [6.07, 6.45) is 15.0. The first-order chi connectivity index (χ1) is 21.5. The summed E-state index contributed by atoms with van der Waals surface area (Å²) >= 11 is 0. The van der Waals surface area contributed by atoms with E-state index in [2.05, 4.69) is 35.9 Å². The smallest absolute Gasteiger partial charge is 0.143 e. The number of nitrogens with zero attached hydrogens (tertiary/aromatic N) is 4. The summed E-state index contributed by atoms with van der Waals surface area (Å²) in [4.78, 5) is 12.1. The molecule has 0 amide bonds. The highest BCUT2D eigenvalue weighted by molar-refractivity contribution is 5.94. The molecule has 4 aromatic rings. The van der Waals surface area contributed by atoms with Crippen LogP contribution < -0.4 is 0 Å². The van der Waals surface area contributed by atoms with E-state index >= 15 is 0 Å². The highest BCUT2D eigenvalue weighted by atomic mass is 19.1. The predicted molar refractivity (Wildman–Crippen MR) is 170 cm³/mol. The maximum Gasteiger partial charge on any atom is 0.143 e. The Bertz CT molecular complexity index is 1880. The molecular formula is C37H36F2N4O2. The van der Waals surface area contributed by atoms with E-state index in [0.717, 1.165) is 59.6 Å². The molecule has 0 bridgehead atoms. The number of hydrogen-bond donors (Lipinski definition) is 1. The number of aliphatic hydroxyl groups is 1. The van der Waals surface area contributed by atoms with Crippen LogP contribution in [0.15, 0.2) is 84.7 Å². The Balaban J connectivity index is 0.000000146. The second kappa shape index (κ2) is 10.6. The fraction of sp³-hybridized carbons (Fsp3) is 0.324. The number of allylic oxidation sites excluding steroid dienone is 1. The molecular weight excluding hydrogens is 570 g/mol. The summed E-state index contributed by atoms with van der Waals surface area (Å²) in [5.41, 5.74) is 7.05. The van der Waals surface area contributed by atoms with Crippen molar-refractivity contribution in [2.45, 2.75) is 64.4 Å². The normalized spacial score (nSPS) is 26.1. The molecule has 4 aliphatic carbocycles. The maximum absolute atomic E-state index is 13.2. The van der Waals surface area contributed by atoms with Crippen LogP contribution in [-0.4, -0.2) is 36.1 Å². The van der Waals surface area contributed by atoms with Gasteiger partial charge in [-0.15, -0.1) is 6.58 Å². The number of ketones is 1. The van der Waals surface area contributed by atoms with Gasteiger partial charge in [0.15, 0.2) is 0 Å². The number of hydrogen-bond acceptors (Lipinski definition) is 4. The lowest BCUT2D eigenvalue weighted by Crippen LogP contribution is -2.44. The minimum Gasteiger partial charge on any atom is -0.389 e. The van der Waals surface area contributed by atoms with Crippen LogP contribution in [0.5, 0.6) is 0 Å². The Labute approximate surface area is 261 Å². The molecule has 0 unspecified atom stereocenters. The van der Waals surface area contributed by atoms with Crippen LogP contribution in [-0.2, 0) is 17.6 Å². The summed E-state index contributed by atoms with van der Waals surface area (Å²) in [5.74, 6) is -0.183. The predicted octanol–water partition coefficient (Wildman–Crippen LogP) is 7.38. The lowest BCUT2D eigenvalue weighted by Gasteiger charge is -2.42. The van der Waals surface area contributed by atoms with Gasteiger partial charge in [-0.2, -0.15) is 10.2 Å². The SMILES string of the molecule is C=CC[C@]1(O)CCC2=Cc3c(cnn3-c3ccc(F)cc3)C[C@@]21C.C[C@]12Cc3cnn(-c4ccc(F)cc4)c3C=C1CCC2=O. The van der Waals surface area contributed by atoms with E-state index in [-0.39, 0.29) is 22.5 Å². The number of halogens is 2. The molecule has 8 rings (SSSR count). The molecule has 0 aliphatic heterocycles. The number of Topliss-reactive ketones (excluding diaryl/α,β-unsaturated/α-hetero) is 1. The van der Waals surface area contributed by atoms with Gasteiger partial charge in [0.25, 0.3) is 0 Å². The van der Waals surface area contributed by atoms with Crippen LogP contribution >= 0.6 is 0 Å². The minimum absolute atomic E-state index is 0.254. The zero-order valence-electron chi connectivity index (χ0n) is 25.6. The fourth-order valence-electron chi connectivity index (χ4n) is 7.72. The fourth-order valence-corrected chi connectivity index (χ4v) is 7.72. The van der Waals surface area contributed by atoms with Crippen LogP contribution in [0.1, 0.15) is 68.5 Å². The van der Waals surface area contributed by atoms with Crippen molar-refractivity contribution in [1.29, 1.82) is 0 Å². The Morgan fingerprint density at radius 2 is 1.36 bits per heavy atom. The van der Waals surface area contributed by atoms with Gasteiger partial charge in [0.1, 0.15) is 17.4 Å². The van der Waals surface area contributed by atoms with Gasteiger partial charge in [0.2, 0.25) is 0 Å². The first kappa shape index (κ1) is 29.3. The van der Waals surface area contributed by atoms with Crippen molar-refractivity contribution in [1.82, 2.24) is 19.6 Å². The van der Waals surface area contributed by atoms with E-state index in [1.165, 1.54) is 35.4 Å². The quantitative estimate of drug-likeness (QED) is 0.246. The van der Waals surface area contributed by atoms with Crippen LogP contribution in [0.4, 0.5) is 8.78 Å². The maximum atomic E-state index is 13.2. The van der Waals surface area contributed by atoms with Crippen LogP contribution in [0, 0.1) is 22.5 Å². The Hall–Kier alpha value is -4.43. The third kappa shape index (κ3) is 4.65. The monoisotopic (exact) mass is 606 g/mol. The van der Waals surface area contributed by atoms with Gasteiger partial charge in [-0.05, 0) is 117 Å². The van der Waals surface area contributed by atoms with Crippen molar-refractivity contribution < 1.29 is 18.7 Å². The van der Waals surface area contributed by atoms with E-state index in [4.69, 9.17) is 0 Å². The standard InChI is InChI=1S/C20H21FN2O.C17H15FN2O/c1-3-9-20(24)10-8-15-11-18-14(12-19(15,20)2)13-22-23(18)17-6-4-16(21)5-7-17;1-17-9-11-10-19-20(14-5-3-13(18)4-6-14)15(11)8-12(17)2-7-16(17)21/h3-7,11,13,24H,1,8-10,12H2,2H3;3-6,8,10H,2,7,9H2,1H3/t19-,20-;17-/m00/s1. The summed E-state index contributed by atoms with van der Waals surface area (Å²) in [5, 5.41) is 20.1. The number of benzene rings is 2. The molecule has 4 aliphatic rings. The third-order valence-corrected chi connectivity index (χ3v) is 10.6. The molecule has 6 nitrogen and oxygen atoms in total. The molecule has 230 valence electrons. The van der Waals surface area contributed by atoms with Crippen molar-refractivity contribution in [2.75, 3.05) is 0 Å². The van der Waals surface area contributed by atoms with E-state index in [1.54, 1.807) is 24.3 Å². The van der Waals surface area contributed by atoms with Crippen molar-refractivity contribution in [3.8, 4) is 11.4 Å². The van der Waals surface area contributed by atoms with Gasteiger partial charge in [0, 0.05) is 11.8 Å². The molecule has 2 saturated carbocycles. The first-order valence-electron chi connectivity index (χ1n) is 15.5. The highest BCUT2D eigenvalue weighted by Gasteiger charge is 2.54. The highest BCUT2D eigenvalue weighted by Crippen LogP contribution is 2.56. The molecule has 0 radical (unpaired) electrons. The second-order valence-electron chi connectivity index (χ2n) is 13.2. The van der Waals surface area contributed by atoms with Gasteiger partial charge in [-0.1, -0.05) is 24.1 Å². The summed E-state index contributed by atoms with van der Waals surface area (Å²) in [7, 11) is 0. The number of aromatic nitrogens is 4. The summed E-state index contributed by atoms with van der Waals surface area (Å²) in [6, 6.07) is 12.7. The molecule has 2 aromatic carbocycles. The molecule has 2 aromatic heterocycles. The largest absolute Gasteiger partial charge is 0.389 e. The van der Waals surface area contributed by atoms with Gasteiger partial charge < -0.3 is 5.11 Å². The number of rotatable bonds is 4. The zero-order chi connectivity index (χ0) is 31.6. The average Bonchev–Trinajstić information content (AvgIpc) is 3.75. The second-order valence-corrected chi connectivity index (χ2v) is 13.2. The molecule has 3 atom stereocenters. The third-order valence-electron chi connectivity index (χ3n) is 10.6. The molecule has 2 heterocycles. The van der Waals surface area contributed by atoms with E-state index in [9.17, 15) is 18.7 Å². The van der Waals surface area contributed by atoms with E-state index < -0.39 is 5.60 Å². The number of carbonyl (C=O) groups excluding carboxylic acids is 1. The molecule has 8 heteroatoms. The summed E-state index contributed by atoms with van der Waals surface area (Å²) in [6.45, 7) is 7.99. The summed E-state index contributed by atoms with van der Waals surface area (Å²) < 4.78 is 29.9.